The Balaban J connectivity index is 1.51. The van der Waals surface area contributed by atoms with Crippen molar-refractivity contribution in [3.05, 3.63) is 37.4 Å². The van der Waals surface area contributed by atoms with Gasteiger partial charge in [0.2, 0.25) is 0 Å². The topological polar surface area (TPSA) is 93.8 Å². The van der Waals surface area contributed by atoms with Crippen LogP contribution in [0.3, 0.4) is 0 Å². The number of hydrogen-bond donors (Lipinski definition) is 2. The maximum atomic E-state index is 11.6. The van der Waals surface area contributed by atoms with Crippen molar-refractivity contribution in [3.63, 3.8) is 0 Å². The van der Waals surface area contributed by atoms with Gasteiger partial charge in [0.05, 0.1) is 12.7 Å². The molecule has 118 valence electrons. The first-order chi connectivity index (χ1) is 10.8. The summed E-state index contributed by atoms with van der Waals surface area (Å²) in [5, 5.41) is 5.20. The third kappa shape index (κ3) is 5.39. The number of carbonyl (C=O) groups excluding carboxylic acids is 2. The molecule has 2 aromatic heterocycles. The van der Waals surface area contributed by atoms with Crippen molar-refractivity contribution in [1.29, 1.82) is 0 Å². The molecule has 2 aromatic rings. The van der Waals surface area contributed by atoms with E-state index in [1.165, 1.54) is 0 Å². The second-order valence-corrected chi connectivity index (χ2v) is 4.82. The van der Waals surface area contributed by atoms with Crippen molar-refractivity contribution in [1.82, 2.24) is 29.7 Å². The van der Waals surface area contributed by atoms with E-state index < -0.39 is 11.8 Å². The number of nitrogens with one attached hydrogen (secondary N) is 2. The smallest absolute Gasteiger partial charge is 0.309 e. The molecule has 0 fully saturated rings. The lowest BCUT2D eigenvalue weighted by atomic mass is 10.4. The maximum absolute atomic E-state index is 11.6. The minimum Gasteiger partial charge on any atom is -0.348 e. The molecule has 2 amide bonds. The van der Waals surface area contributed by atoms with E-state index in [9.17, 15) is 9.59 Å². The summed E-state index contributed by atoms with van der Waals surface area (Å²) < 4.78 is 3.84. The molecular weight excluding hydrogens is 284 g/mol. The molecule has 0 radical (unpaired) electrons. The molecule has 0 bridgehead atoms. The van der Waals surface area contributed by atoms with E-state index in [1.807, 2.05) is 21.5 Å². The lowest BCUT2D eigenvalue weighted by molar-refractivity contribution is -0.139. The van der Waals surface area contributed by atoms with E-state index in [0.29, 0.717) is 13.1 Å². The van der Waals surface area contributed by atoms with E-state index in [0.717, 1.165) is 25.9 Å². The van der Waals surface area contributed by atoms with Crippen LogP contribution in [0.2, 0.25) is 0 Å². The van der Waals surface area contributed by atoms with Gasteiger partial charge in [-0.25, -0.2) is 9.97 Å². The predicted octanol–water partition coefficient (Wildman–Crippen LogP) is -0.208. The van der Waals surface area contributed by atoms with E-state index in [2.05, 4.69) is 20.6 Å². The summed E-state index contributed by atoms with van der Waals surface area (Å²) in [4.78, 5) is 31.0. The van der Waals surface area contributed by atoms with Gasteiger partial charge in [0, 0.05) is 51.0 Å². The Morgan fingerprint density at radius 3 is 1.64 bits per heavy atom. The van der Waals surface area contributed by atoms with Crippen molar-refractivity contribution in [2.75, 3.05) is 13.1 Å². The molecule has 0 aliphatic rings. The van der Waals surface area contributed by atoms with Crippen LogP contribution < -0.4 is 10.6 Å². The first kappa shape index (κ1) is 15.7. The molecule has 0 saturated heterocycles. The summed E-state index contributed by atoms with van der Waals surface area (Å²) in [6, 6.07) is 0. The third-order valence-electron chi connectivity index (χ3n) is 3.08. The van der Waals surface area contributed by atoms with Gasteiger partial charge in [-0.1, -0.05) is 0 Å². The molecule has 0 spiro atoms. The van der Waals surface area contributed by atoms with E-state index in [-0.39, 0.29) is 0 Å². The predicted molar refractivity (Wildman–Crippen MR) is 79.7 cm³/mol. The fraction of sp³-hybridized carbons (Fsp3) is 0.429. The molecule has 0 unspecified atom stereocenters. The number of carbonyl (C=O) groups is 2. The highest BCUT2D eigenvalue weighted by Crippen LogP contribution is 1.90. The molecule has 2 heterocycles. The maximum Gasteiger partial charge on any atom is 0.309 e. The molecule has 8 nitrogen and oxygen atoms in total. The molecule has 22 heavy (non-hydrogen) atoms. The average Bonchev–Trinajstić information content (AvgIpc) is 3.20. The first-order valence-electron chi connectivity index (χ1n) is 7.23. The number of amides is 2. The molecule has 0 aliphatic carbocycles. The monoisotopic (exact) mass is 304 g/mol. The van der Waals surface area contributed by atoms with E-state index in [4.69, 9.17) is 0 Å². The summed E-state index contributed by atoms with van der Waals surface area (Å²) in [6.07, 6.45) is 12.0. The molecule has 2 rings (SSSR count). The van der Waals surface area contributed by atoms with Crippen molar-refractivity contribution >= 4 is 11.8 Å². The van der Waals surface area contributed by atoms with Crippen LogP contribution in [-0.4, -0.2) is 44.0 Å². The Kier molecular flexibility index (Phi) is 6.16. The SMILES string of the molecule is O=C(NCCCn1ccnc1)C(=O)NCCCn1ccnc1. The Morgan fingerprint density at radius 1 is 0.818 bits per heavy atom. The van der Waals surface area contributed by atoms with Crippen LogP contribution in [0.1, 0.15) is 12.8 Å². The molecule has 0 saturated carbocycles. The zero-order chi connectivity index (χ0) is 15.6. The molecular formula is C14H20N6O2. The van der Waals surface area contributed by atoms with Gasteiger partial charge in [0.1, 0.15) is 0 Å². The second kappa shape index (κ2) is 8.60. The largest absolute Gasteiger partial charge is 0.348 e. The number of aromatic nitrogens is 4. The summed E-state index contributed by atoms with van der Waals surface area (Å²) in [7, 11) is 0. The molecule has 2 N–H and O–H groups in total. The summed E-state index contributed by atoms with van der Waals surface area (Å²) >= 11 is 0. The average molecular weight is 304 g/mol. The van der Waals surface area contributed by atoms with Gasteiger partial charge < -0.3 is 19.8 Å². The Labute approximate surface area is 128 Å². The molecule has 0 atom stereocenters. The Bertz CT molecular complexity index is 512. The second-order valence-electron chi connectivity index (χ2n) is 4.82. The van der Waals surface area contributed by atoms with Crippen LogP contribution in [0.25, 0.3) is 0 Å². The Morgan fingerprint density at radius 2 is 1.27 bits per heavy atom. The standard InChI is InChI=1S/C14H20N6O2/c21-13(17-3-1-7-19-9-5-15-11-19)14(22)18-4-2-8-20-10-6-16-12-20/h5-6,9-12H,1-4,7-8H2,(H,17,21)(H,18,22). The zero-order valence-corrected chi connectivity index (χ0v) is 12.3. The van der Waals surface area contributed by atoms with E-state index >= 15 is 0 Å². The summed E-state index contributed by atoms with van der Waals surface area (Å²) in [5.74, 6) is -1.18. The van der Waals surface area contributed by atoms with Gasteiger partial charge in [0.15, 0.2) is 0 Å². The van der Waals surface area contributed by atoms with Crippen LogP contribution in [-0.2, 0) is 22.7 Å². The van der Waals surface area contributed by atoms with Crippen LogP contribution in [0.15, 0.2) is 37.4 Å². The zero-order valence-electron chi connectivity index (χ0n) is 12.3. The van der Waals surface area contributed by atoms with Gasteiger partial charge in [-0.05, 0) is 12.8 Å². The van der Waals surface area contributed by atoms with Crippen molar-refractivity contribution in [3.8, 4) is 0 Å². The van der Waals surface area contributed by atoms with Gasteiger partial charge in [-0.3, -0.25) is 9.59 Å². The number of rotatable bonds is 8. The fourth-order valence-electron chi connectivity index (χ4n) is 1.93. The molecule has 0 aromatic carbocycles. The van der Waals surface area contributed by atoms with E-state index in [1.54, 1.807) is 25.0 Å². The highest BCUT2D eigenvalue weighted by atomic mass is 16.2. The highest BCUT2D eigenvalue weighted by Gasteiger charge is 2.11. The highest BCUT2D eigenvalue weighted by molar-refractivity contribution is 6.35. The number of hydrogen-bond acceptors (Lipinski definition) is 4. The van der Waals surface area contributed by atoms with Crippen LogP contribution >= 0.6 is 0 Å². The first-order valence-corrected chi connectivity index (χ1v) is 7.23. The van der Waals surface area contributed by atoms with Crippen LogP contribution in [0.4, 0.5) is 0 Å². The van der Waals surface area contributed by atoms with Crippen molar-refractivity contribution < 1.29 is 9.59 Å². The van der Waals surface area contributed by atoms with Crippen LogP contribution in [0.5, 0.6) is 0 Å². The summed E-state index contributed by atoms with van der Waals surface area (Å²) in [5.41, 5.74) is 0. The number of nitrogens with zero attached hydrogens (tertiary/aromatic N) is 4. The molecule has 0 aliphatic heterocycles. The fourth-order valence-corrected chi connectivity index (χ4v) is 1.93. The lowest BCUT2D eigenvalue weighted by Gasteiger charge is -2.07. The van der Waals surface area contributed by atoms with Crippen LogP contribution in [0, 0.1) is 0 Å². The summed E-state index contributed by atoms with van der Waals surface area (Å²) in [6.45, 7) is 2.43. The quantitative estimate of drug-likeness (QED) is 0.521. The number of aryl methyl sites for hydroxylation is 2. The Hall–Kier alpha value is -2.64. The van der Waals surface area contributed by atoms with Gasteiger partial charge in [-0.2, -0.15) is 0 Å². The van der Waals surface area contributed by atoms with Gasteiger partial charge >= 0.3 is 11.8 Å². The van der Waals surface area contributed by atoms with Gasteiger partial charge in [0.25, 0.3) is 0 Å². The number of imidazole rings is 2. The minimum absolute atomic E-state index is 0.458. The normalized spacial score (nSPS) is 10.4. The van der Waals surface area contributed by atoms with Crippen molar-refractivity contribution in [2.45, 2.75) is 25.9 Å². The lowest BCUT2D eigenvalue weighted by Crippen LogP contribution is -2.40. The molecule has 8 heteroatoms. The van der Waals surface area contributed by atoms with Crippen molar-refractivity contribution in [2.24, 2.45) is 0 Å². The minimum atomic E-state index is -0.590. The van der Waals surface area contributed by atoms with Gasteiger partial charge in [-0.15, -0.1) is 0 Å². The third-order valence-corrected chi connectivity index (χ3v) is 3.08.